The first-order chi connectivity index (χ1) is 7.15. The molecule has 0 rings (SSSR count). The van der Waals surface area contributed by atoms with E-state index in [4.69, 9.17) is 4.74 Å². The lowest BCUT2D eigenvalue weighted by Gasteiger charge is -2.27. The van der Waals surface area contributed by atoms with Crippen molar-refractivity contribution in [3.8, 4) is 0 Å². The molecule has 0 heterocycles. The van der Waals surface area contributed by atoms with E-state index in [-0.39, 0.29) is 0 Å². The molecule has 0 bridgehead atoms. The molecular formula is C13H29NO. The summed E-state index contributed by atoms with van der Waals surface area (Å²) in [6, 6.07) is 0.530. The lowest BCUT2D eigenvalue weighted by atomic mass is 9.94. The summed E-state index contributed by atoms with van der Waals surface area (Å²) in [6.07, 6.45) is 4.00. The van der Waals surface area contributed by atoms with Crippen LogP contribution >= 0.6 is 0 Å². The average Bonchev–Trinajstić information content (AvgIpc) is 2.22. The van der Waals surface area contributed by atoms with Crippen molar-refractivity contribution in [3.63, 3.8) is 0 Å². The molecule has 0 aromatic heterocycles. The standard InChI is InChI=1S/C13H29NO/c1-6-9-14-13(10-15-11(4)5)12(7-2)8-3/h11-14H,6-10H2,1-5H3. The molecule has 15 heavy (non-hydrogen) atoms. The van der Waals surface area contributed by atoms with E-state index >= 15 is 0 Å². The highest BCUT2D eigenvalue weighted by molar-refractivity contribution is 4.74. The Bertz CT molecular complexity index is 132. The van der Waals surface area contributed by atoms with Crippen LogP contribution in [0.4, 0.5) is 0 Å². The van der Waals surface area contributed by atoms with Gasteiger partial charge >= 0.3 is 0 Å². The zero-order valence-electron chi connectivity index (χ0n) is 11.2. The maximum Gasteiger partial charge on any atom is 0.0625 e. The summed E-state index contributed by atoms with van der Waals surface area (Å²) in [7, 11) is 0. The zero-order valence-corrected chi connectivity index (χ0v) is 11.2. The van der Waals surface area contributed by atoms with Gasteiger partial charge in [0, 0.05) is 6.04 Å². The van der Waals surface area contributed by atoms with E-state index in [0.29, 0.717) is 12.1 Å². The van der Waals surface area contributed by atoms with Crippen molar-refractivity contribution in [2.75, 3.05) is 13.2 Å². The summed E-state index contributed by atoms with van der Waals surface area (Å²) in [4.78, 5) is 0. The summed E-state index contributed by atoms with van der Waals surface area (Å²) in [5.41, 5.74) is 0. The molecule has 1 N–H and O–H groups in total. The Balaban J connectivity index is 4.03. The summed E-state index contributed by atoms with van der Waals surface area (Å²) < 4.78 is 5.72. The Morgan fingerprint density at radius 3 is 2.07 bits per heavy atom. The molecule has 0 aromatic carbocycles. The van der Waals surface area contributed by atoms with Gasteiger partial charge in [-0.1, -0.05) is 33.6 Å². The fourth-order valence-corrected chi connectivity index (χ4v) is 1.85. The Morgan fingerprint density at radius 2 is 1.67 bits per heavy atom. The van der Waals surface area contributed by atoms with Gasteiger partial charge in [0.15, 0.2) is 0 Å². The van der Waals surface area contributed by atoms with Gasteiger partial charge in [-0.15, -0.1) is 0 Å². The Kier molecular flexibility index (Phi) is 9.12. The van der Waals surface area contributed by atoms with Gasteiger partial charge in [-0.05, 0) is 32.7 Å². The predicted molar refractivity (Wildman–Crippen MR) is 67.2 cm³/mol. The van der Waals surface area contributed by atoms with E-state index in [0.717, 1.165) is 19.1 Å². The van der Waals surface area contributed by atoms with Gasteiger partial charge in [-0.3, -0.25) is 0 Å². The van der Waals surface area contributed by atoms with Crippen LogP contribution < -0.4 is 5.32 Å². The molecule has 0 aliphatic carbocycles. The van der Waals surface area contributed by atoms with Crippen LogP contribution in [0.1, 0.15) is 53.9 Å². The van der Waals surface area contributed by atoms with Crippen molar-refractivity contribution in [2.24, 2.45) is 5.92 Å². The summed E-state index contributed by atoms with van der Waals surface area (Å²) in [5, 5.41) is 3.60. The maximum atomic E-state index is 5.72. The minimum Gasteiger partial charge on any atom is -0.377 e. The molecule has 92 valence electrons. The van der Waals surface area contributed by atoms with Crippen molar-refractivity contribution in [1.29, 1.82) is 0 Å². The molecule has 0 amide bonds. The molecular weight excluding hydrogens is 186 g/mol. The van der Waals surface area contributed by atoms with E-state index in [2.05, 4.69) is 39.9 Å². The number of hydrogen-bond donors (Lipinski definition) is 1. The van der Waals surface area contributed by atoms with Crippen molar-refractivity contribution < 1.29 is 4.74 Å². The largest absolute Gasteiger partial charge is 0.377 e. The van der Waals surface area contributed by atoms with Gasteiger partial charge in [-0.2, -0.15) is 0 Å². The van der Waals surface area contributed by atoms with Crippen molar-refractivity contribution in [3.05, 3.63) is 0 Å². The van der Waals surface area contributed by atoms with Crippen LogP contribution in [-0.4, -0.2) is 25.3 Å². The number of rotatable bonds is 9. The average molecular weight is 215 g/mol. The number of nitrogens with one attached hydrogen (secondary N) is 1. The summed E-state index contributed by atoms with van der Waals surface area (Å²) >= 11 is 0. The Morgan fingerprint density at radius 1 is 1.07 bits per heavy atom. The van der Waals surface area contributed by atoms with Gasteiger partial charge in [0.05, 0.1) is 12.7 Å². The minimum atomic E-state index is 0.338. The summed E-state index contributed by atoms with van der Waals surface area (Å²) in [5.74, 6) is 0.746. The first kappa shape index (κ1) is 14.9. The van der Waals surface area contributed by atoms with Gasteiger partial charge in [-0.25, -0.2) is 0 Å². The van der Waals surface area contributed by atoms with E-state index in [1.807, 2.05) is 0 Å². The highest BCUT2D eigenvalue weighted by Gasteiger charge is 2.18. The van der Waals surface area contributed by atoms with Gasteiger partial charge in [0.1, 0.15) is 0 Å². The highest BCUT2D eigenvalue weighted by atomic mass is 16.5. The smallest absolute Gasteiger partial charge is 0.0625 e. The predicted octanol–water partition coefficient (Wildman–Crippen LogP) is 3.22. The molecule has 0 saturated heterocycles. The lowest BCUT2D eigenvalue weighted by Crippen LogP contribution is -2.40. The van der Waals surface area contributed by atoms with Crippen LogP contribution in [0, 0.1) is 5.92 Å². The fourth-order valence-electron chi connectivity index (χ4n) is 1.85. The van der Waals surface area contributed by atoms with Crippen molar-refractivity contribution in [2.45, 2.75) is 66.0 Å². The quantitative estimate of drug-likeness (QED) is 0.637. The number of ether oxygens (including phenoxy) is 1. The molecule has 0 aliphatic rings. The second-order valence-electron chi connectivity index (χ2n) is 4.52. The third-order valence-electron chi connectivity index (χ3n) is 2.88. The van der Waals surface area contributed by atoms with Gasteiger partial charge in [0.25, 0.3) is 0 Å². The first-order valence-corrected chi connectivity index (χ1v) is 6.50. The van der Waals surface area contributed by atoms with Crippen LogP contribution in [0.3, 0.4) is 0 Å². The summed E-state index contributed by atoms with van der Waals surface area (Å²) in [6.45, 7) is 12.9. The number of hydrogen-bond acceptors (Lipinski definition) is 2. The minimum absolute atomic E-state index is 0.338. The zero-order chi connectivity index (χ0) is 11.7. The highest BCUT2D eigenvalue weighted by Crippen LogP contribution is 2.14. The molecule has 0 fully saturated rings. The van der Waals surface area contributed by atoms with Crippen LogP contribution in [0.15, 0.2) is 0 Å². The monoisotopic (exact) mass is 215 g/mol. The van der Waals surface area contributed by atoms with Crippen LogP contribution in [0.25, 0.3) is 0 Å². The van der Waals surface area contributed by atoms with Crippen LogP contribution in [0.2, 0.25) is 0 Å². The first-order valence-electron chi connectivity index (χ1n) is 6.50. The second-order valence-corrected chi connectivity index (χ2v) is 4.52. The second kappa shape index (κ2) is 9.17. The molecule has 2 heteroatoms. The normalized spacial score (nSPS) is 13.8. The third kappa shape index (κ3) is 6.91. The lowest BCUT2D eigenvalue weighted by molar-refractivity contribution is 0.0470. The van der Waals surface area contributed by atoms with E-state index < -0.39 is 0 Å². The topological polar surface area (TPSA) is 21.3 Å². The molecule has 0 aliphatic heterocycles. The molecule has 0 radical (unpaired) electrons. The van der Waals surface area contributed by atoms with E-state index in [9.17, 15) is 0 Å². The molecule has 2 nitrogen and oxygen atoms in total. The Hall–Kier alpha value is -0.0800. The van der Waals surface area contributed by atoms with Crippen LogP contribution in [-0.2, 0) is 4.74 Å². The van der Waals surface area contributed by atoms with E-state index in [1.54, 1.807) is 0 Å². The van der Waals surface area contributed by atoms with Crippen molar-refractivity contribution in [1.82, 2.24) is 5.32 Å². The molecule has 0 saturated carbocycles. The van der Waals surface area contributed by atoms with Crippen LogP contribution in [0.5, 0.6) is 0 Å². The third-order valence-corrected chi connectivity index (χ3v) is 2.88. The molecule has 1 unspecified atom stereocenters. The fraction of sp³-hybridized carbons (Fsp3) is 1.00. The van der Waals surface area contributed by atoms with Gasteiger partial charge < -0.3 is 10.1 Å². The van der Waals surface area contributed by atoms with E-state index in [1.165, 1.54) is 19.3 Å². The Labute approximate surface area is 95.8 Å². The molecule has 0 spiro atoms. The molecule has 1 atom stereocenters. The maximum absolute atomic E-state index is 5.72. The SMILES string of the molecule is CCCNC(COC(C)C)C(CC)CC. The van der Waals surface area contributed by atoms with Crippen molar-refractivity contribution >= 4 is 0 Å². The van der Waals surface area contributed by atoms with Gasteiger partial charge in [0.2, 0.25) is 0 Å². The molecule has 0 aromatic rings.